The van der Waals surface area contributed by atoms with Crippen molar-refractivity contribution in [1.82, 2.24) is 19.9 Å². The van der Waals surface area contributed by atoms with Crippen molar-refractivity contribution in [1.29, 1.82) is 0 Å². The highest BCUT2D eigenvalue weighted by molar-refractivity contribution is 5.93. The topological polar surface area (TPSA) is 78.5 Å². The quantitative estimate of drug-likeness (QED) is 0.579. The minimum Gasteiger partial charge on any atom is -0.361 e. The summed E-state index contributed by atoms with van der Waals surface area (Å²) < 4.78 is 0. The van der Waals surface area contributed by atoms with E-state index in [0.29, 0.717) is 29.8 Å². The molecule has 3 N–H and O–H groups in total. The molecule has 0 radical (unpaired) electrons. The van der Waals surface area contributed by atoms with E-state index >= 15 is 0 Å². The molecule has 6 nitrogen and oxygen atoms in total. The number of nitrogens with one attached hydrogen (secondary N) is 3. The van der Waals surface area contributed by atoms with Crippen molar-refractivity contribution in [2.45, 2.75) is 51.6 Å². The Balaban J connectivity index is 1.52. The largest absolute Gasteiger partial charge is 0.361 e. The van der Waals surface area contributed by atoms with E-state index in [-0.39, 0.29) is 0 Å². The number of fused-ring (bicyclic) bond motifs is 1. The zero-order valence-corrected chi connectivity index (χ0v) is 15.9. The van der Waals surface area contributed by atoms with Gasteiger partial charge in [0.2, 0.25) is 11.9 Å². The molecule has 2 aliphatic carbocycles. The van der Waals surface area contributed by atoms with Crippen LogP contribution >= 0.6 is 0 Å². The van der Waals surface area contributed by atoms with Crippen LogP contribution in [0.3, 0.4) is 0 Å². The van der Waals surface area contributed by atoms with E-state index in [1.165, 1.54) is 25.7 Å². The third-order valence-corrected chi connectivity index (χ3v) is 5.84. The Morgan fingerprint density at radius 2 is 1.52 bits per heavy atom. The number of benzene rings is 1. The standard InChI is InChI=1S/C21H26N6/c1-12(14-6-7-14)23-20-25-19(17-4-3-5-18-16(17)10-11-22-18)26-21(27-20)24-13(2)15-8-9-15/h3-5,10-15,22H,6-9H2,1-2H3,(H2,23,24,25,26,27). The van der Waals surface area contributed by atoms with Crippen molar-refractivity contribution in [3.05, 3.63) is 30.5 Å². The van der Waals surface area contributed by atoms with Gasteiger partial charge in [-0.3, -0.25) is 0 Å². The van der Waals surface area contributed by atoms with E-state index in [4.69, 9.17) is 9.97 Å². The van der Waals surface area contributed by atoms with Crippen LogP contribution in [0.15, 0.2) is 30.5 Å². The summed E-state index contributed by atoms with van der Waals surface area (Å²) in [6, 6.07) is 9.04. The first-order chi connectivity index (χ1) is 13.2. The molecule has 5 rings (SSSR count). The molecule has 2 heterocycles. The van der Waals surface area contributed by atoms with Crippen LogP contribution < -0.4 is 10.6 Å². The van der Waals surface area contributed by atoms with Gasteiger partial charge >= 0.3 is 0 Å². The maximum Gasteiger partial charge on any atom is 0.228 e. The Kier molecular flexibility index (Phi) is 3.99. The van der Waals surface area contributed by atoms with E-state index in [0.717, 1.165) is 28.3 Å². The molecular weight excluding hydrogens is 336 g/mol. The summed E-state index contributed by atoms with van der Waals surface area (Å²) in [5.41, 5.74) is 2.12. The summed E-state index contributed by atoms with van der Waals surface area (Å²) in [6.07, 6.45) is 7.12. The van der Waals surface area contributed by atoms with Gasteiger partial charge in [0, 0.05) is 34.7 Å². The van der Waals surface area contributed by atoms with Gasteiger partial charge in [-0.2, -0.15) is 15.0 Å². The molecule has 6 heteroatoms. The molecule has 0 bridgehead atoms. The second-order valence-corrected chi connectivity index (χ2v) is 8.09. The first-order valence-electron chi connectivity index (χ1n) is 10.0. The summed E-state index contributed by atoms with van der Waals surface area (Å²) in [5, 5.41) is 8.14. The van der Waals surface area contributed by atoms with Gasteiger partial charge < -0.3 is 15.6 Å². The van der Waals surface area contributed by atoms with Crippen molar-refractivity contribution in [3.8, 4) is 11.4 Å². The highest BCUT2D eigenvalue weighted by Gasteiger charge is 2.30. The minimum absolute atomic E-state index is 0.386. The highest BCUT2D eigenvalue weighted by Crippen LogP contribution is 2.35. The van der Waals surface area contributed by atoms with E-state index in [2.05, 4.69) is 52.6 Å². The fourth-order valence-electron chi connectivity index (χ4n) is 3.74. The number of H-pyrrole nitrogens is 1. The van der Waals surface area contributed by atoms with Crippen molar-refractivity contribution >= 4 is 22.8 Å². The lowest BCUT2D eigenvalue weighted by Gasteiger charge is -2.17. The predicted molar refractivity (Wildman–Crippen MR) is 109 cm³/mol. The number of rotatable bonds is 7. The Labute approximate surface area is 159 Å². The lowest BCUT2D eigenvalue weighted by atomic mass is 10.1. The lowest BCUT2D eigenvalue weighted by molar-refractivity contribution is 0.676. The van der Waals surface area contributed by atoms with Gasteiger partial charge in [0.15, 0.2) is 5.82 Å². The molecule has 2 atom stereocenters. The maximum absolute atomic E-state index is 4.76. The van der Waals surface area contributed by atoms with Crippen LogP contribution in [0.5, 0.6) is 0 Å². The van der Waals surface area contributed by atoms with E-state index < -0.39 is 0 Å². The molecule has 27 heavy (non-hydrogen) atoms. The lowest BCUT2D eigenvalue weighted by Crippen LogP contribution is -2.23. The third kappa shape index (κ3) is 3.48. The molecule has 2 saturated carbocycles. The molecular formula is C21H26N6. The van der Waals surface area contributed by atoms with Crippen molar-refractivity contribution in [2.75, 3.05) is 10.6 Å². The van der Waals surface area contributed by atoms with Gasteiger partial charge in [-0.15, -0.1) is 0 Å². The second kappa shape index (κ2) is 6.51. The van der Waals surface area contributed by atoms with Gasteiger partial charge in [-0.05, 0) is 63.5 Å². The fraction of sp³-hybridized carbons (Fsp3) is 0.476. The zero-order valence-electron chi connectivity index (χ0n) is 15.9. The van der Waals surface area contributed by atoms with E-state index in [9.17, 15) is 0 Å². The first-order valence-corrected chi connectivity index (χ1v) is 10.0. The predicted octanol–water partition coefficient (Wildman–Crippen LogP) is 4.44. The zero-order chi connectivity index (χ0) is 18.4. The Morgan fingerprint density at radius 1 is 0.889 bits per heavy atom. The number of hydrogen-bond donors (Lipinski definition) is 3. The summed E-state index contributed by atoms with van der Waals surface area (Å²) >= 11 is 0. The molecule has 3 aromatic rings. The molecule has 0 spiro atoms. The second-order valence-electron chi connectivity index (χ2n) is 8.09. The van der Waals surface area contributed by atoms with Crippen LogP contribution in [0.25, 0.3) is 22.3 Å². The SMILES string of the molecule is CC(Nc1nc(NC(C)C2CC2)nc(-c2cccc3[nH]ccc23)n1)C1CC1. The molecule has 2 fully saturated rings. The van der Waals surface area contributed by atoms with Gasteiger partial charge in [-0.1, -0.05) is 12.1 Å². The Morgan fingerprint density at radius 3 is 2.11 bits per heavy atom. The van der Waals surface area contributed by atoms with Crippen molar-refractivity contribution in [2.24, 2.45) is 11.8 Å². The Hall–Kier alpha value is -2.63. The van der Waals surface area contributed by atoms with Crippen molar-refractivity contribution < 1.29 is 0 Å². The monoisotopic (exact) mass is 362 g/mol. The molecule has 1 aromatic carbocycles. The van der Waals surface area contributed by atoms with Gasteiger partial charge in [-0.25, -0.2) is 0 Å². The third-order valence-electron chi connectivity index (χ3n) is 5.84. The van der Waals surface area contributed by atoms with Crippen LogP contribution in [0, 0.1) is 11.8 Å². The van der Waals surface area contributed by atoms with Gasteiger partial charge in [0.25, 0.3) is 0 Å². The summed E-state index contributed by atoms with van der Waals surface area (Å²) in [7, 11) is 0. The van der Waals surface area contributed by atoms with Gasteiger partial charge in [0.05, 0.1) is 0 Å². The number of aromatic amines is 1. The number of hydrogen-bond acceptors (Lipinski definition) is 5. The van der Waals surface area contributed by atoms with E-state index in [1.54, 1.807) is 0 Å². The highest BCUT2D eigenvalue weighted by atomic mass is 15.2. The fourth-order valence-corrected chi connectivity index (χ4v) is 3.74. The van der Waals surface area contributed by atoms with Crippen LogP contribution in [-0.2, 0) is 0 Å². The number of nitrogens with zero attached hydrogens (tertiary/aromatic N) is 3. The maximum atomic E-state index is 4.76. The van der Waals surface area contributed by atoms with Gasteiger partial charge in [0.1, 0.15) is 0 Å². The summed E-state index contributed by atoms with van der Waals surface area (Å²) in [5.74, 6) is 3.52. The minimum atomic E-state index is 0.386. The smallest absolute Gasteiger partial charge is 0.228 e. The molecule has 0 amide bonds. The number of anilines is 2. The molecule has 0 aliphatic heterocycles. The summed E-state index contributed by atoms with van der Waals surface area (Å²) in [6.45, 7) is 4.43. The average Bonchev–Trinajstić information content (AvgIpc) is 3.57. The van der Waals surface area contributed by atoms with Crippen molar-refractivity contribution in [3.63, 3.8) is 0 Å². The van der Waals surface area contributed by atoms with Crippen LogP contribution in [0.4, 0.5) is 11.9 Å². The van der Waals surface area contributed by atoms with Crippen LogP contribution in [0.2, 0.25) is 0 Å². The van der Waals surface area contributed by atoms with Crippen LogP contribution in [-0.4, -0.2) is 32.0 Å². The summed E-state index contributed by atoms with van der Waals surface area (Å²) in [4.78, 5) is 17.5. The molecule has 2 aliphatic rings. The molecule has 2 aromatic heterocycles. The molecule has 140 valence electrons. The number of aromatic nitrogens is 4. The van der Waals surface area contributed by atoms with E-state index in [1.807, 2.05) is 12.3 Å². The van der Waals surface area contributed by atoms with Crippen LogP contribution in [0.1, 0.15) is 39.5 Å². The average molecular weight is 362 g/mol. The normalized spacial score (nSPS) is 19.0. The molecule has 0 saturated heterocycles. The molecule has 2 unspecified atom stereocenters. The first kappa shape index (κ1) is 16.5. The Bertz CT molecular complexity index is 918.